The molecule has 0 unspecified atom stereocenters. The van der Waals surface area contributed by atoms with Crippen molar-refractivity contribution in [2.24, 2.45) is 0 Å². The van der Waals surface area contributed by atoms with E-state index in [0.29, 0.717) is 5.88 Å². The van der Waals surface area contributed by atoms with Crippen molar-refractivity contribution in [1.82, 2.24) is 0 Å². The molecule has 0 bridgehead atoms. The van der Waals surface area contributed by atoms with Gasteiger partial charge in [0, 0.05) is 29.6 Å². The van der Waals surface area contributed by atoms with E-state index in [4.69, 9.17) is 11.6 Å². The Balaban J connectivity index is 2.13. The predicted octanol–water partition coefficient (Wildman–Crippen LogP) is 4.96. The third kappa shape index (κ3) is 3.71. The predicted molar refractivity (Wildman–Crippen MR) is 82.2 cm³/mol. The van der Waals surface area contributed by atoms with Gasteiger partial charge in [-0.2, -0.15) is 0 Å². The van der Waals surface area contributed by atoms with Crippen molar-refractivity contribution in [2.45, 2.75) is 12.4 Å². The summed E-state index contributed by atoms with van der Waals surface area (Å²) < 4.78 is 13.9. The Morgan fingerprint density at radius 3 is 2.42 bits per heavy atom. The molecule has 2 aromatic carbocycles. The Bertz CT molecular complexity index is 557. The molecule has 19 heavy (non-hydrogen) atoms. The maximum Gasteiger partial charge on any atom is 0.123 e. The van der Waals surface area contributed by atoms with Gasteiger partial charge in [0.2, 0.25) is 0 Å². The lowest BCUT2D eigenvalue weighted by Gasteiger charge is -2.20. The number of anilines is 1. The largest absolute Gasteiger partial charge is 0.370 e. The molecule has 0 radical (unpaired) electrons. The van der Waals surface area contributed by atoms with Crippen molar-refractivity contribution in [2.75, 3.05) is 11.9 Å². The molecule has 0 fully saturated rings. The Morgan fingerprint density at radius 2 is 1.84 bits per heavy atom. The number of rotatable bonds is 4. The van der Waals surface area contributed by atoms with Crippen LogP contribution >= 0.6 is 27.5 Å². The number of nitrogens with zero attached hydrogens (tertiary/aromatic N) is 1. The van der Waals surface area contributed by atoms with E-state index < -0.39 is 0 Å². The van der Waals surface area contributed by atoms with E-state index in [1.165, 1.54) is 12.1 Å². The van der Waals surface area contributed by atoms with Gasteiger partial charge in [-0.25, -0.2) is 4.39 Å². The molecule has 0 N–H and O–H groups in total. The van der Waals surface area contributed by atoms with Crippen LogP contribution in [0.25, 0.3) is 0 Å². The molecule has 2 rings (SSSR count). The first-order valence-electron chi connectivity index (χ1n) is 5.90. The van der Waals surface area contributed by atoms with Gasteiger partial charge in [0.25, 0.3) is 0 Å². The Labute approximate surface area is 126 Å². The Hall–Kier alpha value is -1.06. The van der Waals surface area contributed by atoms with E-state index in [2.05, 4.69) is 20.8 Å². The summed E-state index contributed by atoms with van der Waals surface area (Å²) >= 11 is 9.34. The second-order valence-corrected chi connectivity index (χ2v) is 5.51. The zero-order valence-electron chi connectivity index (χ0n) is 10.5. The SMILES string of the molecule is CN(Cc1ccc(F)cc1)c1ccc(CCl)c(Br)c1. The minimum absolute atomic E-state index is 0.208. The number of alkyl halides is 1. The lowest BCUT2D eigenvalue weighted by molar-refractivity contribution is 0.627. The molecule has 0 saturated carbocycles. The second kappa shape index (κ2) is 6.40. The highest BCUT2D eigenvalue weighted by atomic mass is 79.9. The van der Waals surface area contributed by atoms with E-state index in [1.54, 1.807) is 12.1 Å². The van der Waals surface area contributed by atoms with Crippen molar-refractivity contribution in [3.8, 4) is 0 Å². The summed E-state index contributed by atoms with van der Waals surface area (Å²) in [6.45, 7) is 0.729. The van der Waals surface area contributed by atoms with Crippen LogP contribution in [0.3, 0.4) is 0 Å². The maximum atomic E-state index is 12.9. The van der Waals surface area contributed by atoms with Crippen molar-refractivity contribution in [1.29, 1.82) is 0 Å². The number of benzene rings is 2. The molecular formula is C15H14BrClFN. The smallest absolute Gasteiger partial charge is 0.123 e. The average molecular weight is 343 g/mol. The summed E-state index contributed by atoms with van der Waals surface area (Å²) in [7, 11) is 2.01. The molecule has 0 amide bonds. The van der Waals surface area contributed by atoms with Crippen LogP contribution in [-0.4, -0.2) is 7.05 Å². The molecule has 0 aromatic heterocycles. The van der Waals surface area contributed by atoms with Crippen molar-refractivity contribution >= 4 is 33.2 Å². The van der Waals surface area contributed by atoms with Gasteiger partial charge in [0.1, 0.15) is 5.82 Å². The summed E-state index contributed by atoms with van der Waals surface area (Å²) in [5, 5.41) is 0. The van der Waals surface area contributed by atoms with E-state index in [9.17, 15) is 4.39 Å². The Morgan fingerprint density at radius 1 is 1.16 bits per heavy atom. The molecule has 0 aliphatic carbocycles. The normalized spacial score (nSPS) is 10.5. The monoisotopic (exact) mass is 341 g/mol. The third-order valence-corrected chi connectivity index (χ3v) is 3.98. The fourth-order valence-corrected chi connectivity index (χ4v) is 2.74. The first-order valence-corrected chi connectivity index (χ1v) is 7.23. The highest BCUT2D eigenvalue weighted by Crippen LogP contribution is 2.25. The van der Waals surface area contributed by atoms with Gasteiger partial charge in [-0.05, 0) is 35.4 Å². The van der Waals surface area contributed by atoms with Gasteiger partial charge >= 0.3 is 0 Å². The molecule has 0 aliphatic rings. The quantitative estimate of drug-likeness (QED) is 0.710. The van der Waals surface area contributed by atoms with Crippen LogP contribution in [0.4, 0.5) is 10.1 Å². The summed E-state index contributed by atoms with van der Waals surface area (Å²) in [6.07, 6.45) is 0. The van der Waals surface area contributed by atoms with Crippen LogP contribution in [0.5, 0.6) is 0 Å². The summed E-state index contributed by atoms with van der Waals surface area (Å²) in [6, 6.07) is 12.6. The highest BCUT2D eigenvalue weighted by Gasteiger charge is 2.05. The standard InChI is InChI=1S/C15H14BrClFN/c1-19(10-11-2-5-13(18)6-3-11)14-7-4-12(9-17)15(16)8-14/h2-8H,9-10H2,1H3. The highest BCUT2D eigenvalue weighted by molar-refractivity contribution is 9.10. The first-order chi connectivity index (χ1) is 9.10. The van der Waals surface area contributed by atoms with Gasteiger partial charge in [-0.15, -0.1) is 11.6 Å². The van der Waals surface area contributed by atoms with Crippen LogP contribution in [0.1, 0.15) is 11.1 Å². The lowest BCUT2D eigenvalue weighted by Crippen LogP contribution is -2.16. The molecule has 2 aromatic rings. The van der Waals surface area contributed by atoms with Crippen LogP contribution in [0.2, 0.25) is 0 Å². The molecule has 0 atom stereocenters. The molecular weight excluding hydrogens is 329 g/mol. The number of hydrogen-bond acceptors (Lipinski definition) is 1. The Kier molecular flexibility index (Phi) is 4.83. The zero-order chi connectivity index (χ0) is 13.8. The van der Waals surface area contributed by atoms with Crippen molar-refractivity contribution < 1.29 is 4.39 Å². The molecule has 0 spiro atoms. The van der Waals surface area contributed by atoms with Crippen molar-refractivity contribution in [3.63, 3.8) is 0 Å². The second-order valence-electron chi connectivity index (χ2n) is 4.39. The van der Waals surface area contributed by atoms with E-state index in [1.807, 2.05) is 25.2 Å². The summed E-state index contributed by atoms with van der Waals surface area (Å²) in [5.41, 5.74) is 3.23. The van der Waals surface area contributed by atoms with Crippen LogP contribution in [0.15, 0.2) is 46.9 Å². The average Bonchev–Trinajstić information content (AvgIpc) is 2.41. The van der Waals surface area contributed by atoms with Gasteiger partial charge < -0.3 is 4.90 Å². The van der Waals surface area contributed by atoms with E-state index in [0.717, 1.165) is 27.8 Å². The van der Waals surface area contributed by atoms with Gasteiger partial charge in [-0.1, -0.05) is 34.1 Å². The molecule has 4 heteroatoms. The number of hydrogen-bond donors (Lipinski definition) is 0. The van der Waals surface area contributed by atoms with Gasteiger partial charge in [0.05, 0.1) is 0 Å². The molecule has 1 nitrogen and oxygen atoms in total. The zero-order valence-corrected chi connectivity index (χ0v) is 12.9. The molecule has 100 valence electrons. The topological polar surface area (TPSA) is 3.24 Å². The molecule has 0 heterocycles. The van der Waals surface area contributed by atoms with Crippen molar-refractivity contribution in [3.05, 3.63) is 63.9 Å². The van der Waals surface area contributed by atoms with E-state index in [-0.39, 0.29) is 5.82 Å². The van der Waals surface area contributed by atoms with Gasteiger partial charge in [0.15, 0.2) is 0 Å². The maximum absolute atomic E-state index is 12.9. The molecule has 0 saturated heterocycles. The van der Waals surface area contributed by atoms with Gasteiger partial charge in [-0.3, -0.25) is 0 Å². The minimum atomic E-state index is -0.208. The number of halogens is 3. The first kappa shape index (κ1) is 14.4. The third-order valence-electron chi connectivity index (χ3n) is 2.95. The fraction of sp³-hybridized carbons (Fsp3) is 0.200. The lowest BCUT2D eigenvalue weighted by atomic mass is 10.2. The molecule has 0 aliphatic heterocycles. The van der Waals surface area contributed by atoms with E-state index >= 15 is 0 Å². The van der Waals surface area contributed by atoms with Crippen LogP contribution in [-0.2, 0) is 12.4 Å². The summed E-state index contributed by atoms with van der Waals surface area (Å²) in [4.78, 5) is 2.11. The van der Waals surface area contributed by atoms with Crippen LogP contribution < -0.4 is 4.90 Å². The minimum Gasteiger partial charge on any atom is -0.370 e. The fourth-order valence-electron chi connectivity index (χ4n) is 1.84. The van der Waals surface area contributed by atoms with Crippen LogP contribution in [0, 0.1) is 5.82 Å². The summed E-state index contributed by atoms with van der Waals surface area (Å²) in [5.74, 6) is 0.281.